The summed E-state index contributed by atoms with van der Waals surface area (Å²) in [4.78, 5) is 12.7. The second-order valence-electron chi connectivity index (χ2n) is 5.48. The molecule has 1 aromatic rings. The molecule has 0 unspecified atom stereocenters. The fourth-order valence-corrected chi connectivity index (χ4v) is 2.90. The Labute approximate surface area is 144 Å². The number of aliphatic imine (C=N–C) groups is 1. The van der Waals surface area contributed by atoms with Crippen LogP contribution in [-0.4, -0.2) is 69.3 Å². The van der Waals surface area contributed by atoms with E-state index in [1.165, 1.54) is 9.88 Å². The van der Waals surface area contributed by atoms with Gasteiger partial charge in [-0.2, -0.15) is 0 Å². The molecule has 0 radical (unpaired) electrons. The lowest BCUT2D eigenvalue weighted by Crippen LogP contribution is -2.39. The standard InChI is InChI=1S/C16H31N5OS/c1-6-17-16(19-9-10-21(4)11-12-22-5)18-8-7-15-20-13(2)14(3)23-15/h6-12H2,1-5H3,(H2,17,18,19). The van der Waals surface area contributed by atoms with E-state index >= 15 is 0 Å². The van der Waals surface area contributed by atoms with Crippen molar-refractivity contribution in [1.29, 1.82) is 0 Å². The average Bonchev–Trinajstić information content (AvgIpc) is 2.83. The average molecular weight is 342 g/mol. The van der Waals surface area contributed by atoms with Crippen LogP contribution in [0.5, 0.6) is 0 Å². The van der Waals surface area contributed by atoms with Crippen molar-refractivity contribution in [3.8, 4) is 0 Å². The number of guanidine groups is 1. The molecule has 2 N–H and O–H groups in total. The quantitative estimate of drug-likeness (QED) is 0.498. The zero-order chi connectivity index (χ0) is 17.1. The third-order valence-corrected chi connectivity index (χ3v) is 4.61. The number of likely N-dealkylation sites (N-methyl/N-ethyl adjacent to an activating group) is 1. The fraction of sp³-hybridized carbons (Fsp3) is 0.750. The number of nitrogens with zero attached hydrogens (tertiary/aromatic N) is 3. The number of ether oxygens (including phenoxy) is 1. The van der Waals surface area contributed by atoms with Gasteiger partial charge in [0.25, 0.3) is 0 Å². The van der Waals surface area contributed by atoms with Crippen molar-refractivity contribution in [3.05, 3.63) is 15.6 Å². The van der Waals surface area contributed by atoms with Gasteiger partial charge in [-0.1, -0.05) is 0 Å². The van der Waals surface area contributed by atoms with Gasteiger partial charge in [0, 0.05) is 44.6 Å². The first-order chi connectivity index (χ1) is 11.1. The molecule has 0 fully saturated rings. The van der Waals surface area contributed by atoms with E-state index in [4.69, 9.17) is 4.74 Å². The summed E-state index contributed by atoms with van der Waals surface area (Å²) in [6, 6.07) is 0. The van der Waals surface area contributed by atoms with Gasteiger partial charge in [0.15, 0.2) is 5.96 Å². The lowest BCUT2D eigenvalue weighted by molar-refractivity contribution is 0.163. The summed E-state index contributed by atoms with van der Waals surface area (Å²) in [5.41, 5.74) is 1.14. The molecule has 23 heavy (non-hydrogen) atoms. The van der Waals surface area contributed by atoms with Crippen molar-refractivity contribution in [2.24, 2.45) is 4.99 Å². The van der Waals surface area contributed by atoms with E-state index in [0.29, 0.717) is 0 Å². The van der Waals surface area contributed by atoms with E-state index in [9.17, 15) is 0 Å². The summed E-state index contributed by atoms with van der Waals surface area (Å²) in [6.45, 7) is 11.3. The van der Waals surface area contributed by atoms with E-state index in [1.54, 1.807) is 18.4 Å². The van der Waals surface area contributed by atoms with Gasteiger partial charge in [0.2, 0.25) is 0 Å². The molecule has 0 amide bonds. The molecule has 0 aliphatic carbocycles. The first-order valence-corrected chi connectivity index (χ1v) is 9.01. The normalized spacial score (nSPS) is 12.0. The molecule has 0 aliphatic rings. The zero-order valence-corrected chi connectivity index (χ0v) is 15.9. The van der Waals surface area contributed by atoms with Crippen LogP contribution in [0.15, 0.2) is 4.99 Å². The van der Waals surface area contributed by atoms with E-state index < -0.39 is 0 Å². The van der Waals surface area contributed by atoms with Gasteiger partial charge in [-0.15, -0.1) is 11.3 Å². The maximum atomic E-state index is 5.08. The van der Waals surface area contributed by atoms with Crippen LogP contribution >= 0.6 is 11.3 Å². The number of aromatic nitrogens is 1. The largest absolute Gasteiger partial charge is 0.383 e. The van der Waals surface area contributed by atoms with Crippen LogP contribution in [0.25, 0.3) is 0 Å². The molecular weight excluding hydrogens is 310 g/mol. The molecule has 0 atom stereocenters. The summed E-state index contributed by atoms with van der Waals surface area (Å²) >= 11 is 1.78. The summed E-state index contributed by atoms with van der Waals surface area (Å²) in [6.07, 6.45) is 0.928. The highest BCUT2D eigenvalue weighted by Gasteiger charge is 2.04. The number of aryl methyl sites for hydroxylation is 2. The predicted molar refractivity (Wildman–Crippen MR) is 98.6 cm³/mol. The summed E-state index contributed by atoms with van der Waals surface area (Å²) in [7, 11) is 3.81. The number of thiazole rings is 1. The van der Waals surface area contributed by atoms with Crippen molar-refractivity contribution in [1.82, 2.24) is 20.5 Å². The molecule has 0 bridgehead atoms. The first-order valence-electron chi connectivity index (χ1n) is 8.19. The maximum absolute atomic E-state index is 5.08. The second kappa shape index (κ2) is 11.4. The third kappa shape index (κ3) is 8.29. The molecule has 0 saturated carbocycles. The first kappa shape index (κ1) is 19.9. The van der Waals surface area contributed by atoms with E-state index in [-0.39, 0.29) is 0 Å². The van der Waals surface area contributed by atoms with Crippen LogP contribution in [0.4, 0.5) is 0 Å². The second-order valence-corrected chi connectivity index (χ2v) is 6.77. The topological polar surface area (TPSA) is 61.8 Å². The van der Waals surface area contributed by atoms with Gasteiger partial charge in [-0.25, -0.2) is 4.98 Å². The molecular formula is C16H31N5OS. The lowest BCUT2D eigenvalue weighted by atomic mass is 10.4. The van der Waals surface area contributed by atoms with Crippen molar-refractivity contribution in [3.63, 3.8) is 0 Å². The van der Waals surface area contributed by atoms with Gasteiger partial charge in [-0.3, -0.25) is 4.99 Å². The van der Waals surface area contributed by atoms with Crippen LogP contribution in [0.2, 0.25) is 0 Å². The monoisotopic (exact) mass is 341 g/mol. The predicted octanol–water partition coefficient (Wildman–Crippen LogP) is 1.44. The Morgan fingerprint density at radius 3 is 2.70 bits per heavy atom. The molecule has 6 nitrogen and oxygen atoms in total. The summed E-state index contributed by atoms with van der Waals surface area (Å²) in [5.74, 6) is 0.873. The molecule has 1 rings (SSSR count). The minimum atomic E-state index is 0.755. The maximum Gasteiger partial charge on any atom is 0.191 e. The molecule has 0 spiro atoms. The Kier molecular flexibility index (Phi) is 9.82. The molecule has 132 valence electrons. The minimum Gasteiger partial charge on any atom is -0.383 e. The van der Waals surface area contributed by atoms with E-state index in [0.717, 1.165) is 57.4 Å². The minimum absolute atomic E-state index is 0.755. The smallest absolute Gasteiger partial charge is 0.191 e. The highest BCUT2D eigenvalue weighted by molar-refractivity contribution is 7.11. The Balaban J connectivity index is 2.34. The molecule has 0 saturated heterocycles. The molecule has 1 heterocycles. The molecule has 1 aromatic heterocycles. The highest BCUT2D eigenvalue weighted by atomic mass is 32.1. The number of methoxy groups -OCH3 is 1. The van der Waals surface area contributed by atoms with Crippen molar-refractivity contribution in [2.45, 2.75) is 27.2 Å². The molecule has 0 aliphatic heterocycles. The molecule has 7 heteroatoms. The number of hydrogen-bond acceptors (Lipinski definition) is 5. The van der Waals surface area contributed by atoms with Gasteiger partial charge >= 0.3 is 0 Å². The Bertz CT molecular complexity index is 456. The van der Waals surface area contributed by atoms with Crippen LogP contribution in [0, 0.1) is 13.8 Å². The van der Waals surface area contributed by atoms with Crippen LogP contribution < -0.4 is 10.6 Å². The number of hydrogen-bond donors (Lipinski definition) is 2. The van der Waals surface area contributed by atoms with E-state index in [2.05, 4.69) is 53.3 Å². The third-order valence-electron chi connectivity index (χ3n) is 3.48. The SMILES string of the molecule is CCNC(=NCCN(C)CCOC)NCCc1nc(C)c(C)s1. The zero-order valence-electron chi connectivity index (χ0n) is 15.1. The van der Waals surface area contributed by atoms with Gasteiger partial charge in [-0.05, 0) is 27.8 Å². The molecule has 0 aromatic carbocycles. The van der Waals surface area contributed by atoms with Crippen molar-refractivity contribution < 1.29 is 4.74 Å². The van der Waals surface area contributed by atoms with Crippen LogP contribution in [0.1, 0.15) is 22.5 Å². The van der Waals surface area contributed by atoms with Crippen LogP contribution in [-0.2, 0) is 11.2 Å². The Morgan fingerprint density at radius 2 is 2.09 bits per heavy atom. The van der Waals surface area contributed by atoms with Crippen molar-refractivity contribution in [2.75, 3.05) is 53.5 Å². The van der Waals surface area contributed by atoms with Gasteiger partial charge in [0.1, 0.15) is 0 Å². The fourth-order valence-electron chi connectivity index (χ4n) is 1.97. The summed E-state index contributed by atoms with van der Waals surface area (Å²) < 4.78 is 5.08. The Morgan fingerprint density at radius 1 is 1.30 bits per heavy atom. The lowest BCUT2D eigenvalue weighted by Gasteiger charge is -2.15. The van der Waals surface area contributed by atoms with Crippen molar-refractivity contribution >= 4 is 17.3 Å². The number of nitrogens with one attached hydrogen (secondary N) is 2. The van der Waals surface area contributed by atoms with Gasteiger partial charge in [0.05, 0.1) is 23.9 Å². The highest BCUT2D eigenvalue weighted by Crippen LogP contribution is 2.16. The van der Waals surface area contributed by atoms with Gasteiger partial charge < -0.3 is 20.3 Å². The summed E-state index contributed by atoms with van der Waals surface area (Å²) in [5, 5.41) is 7.84. The van der Waals surface area contributed by atoms with E-state index in [1.807, 2.05) is 0 Å². The van der Waals surface area contributed by atoms with Crippen LogP contribution in [0.3, 0.4) is 0 Å². The Hall–Kier alpha value is -1.18. The number of rotatable bonds is 10.